The van der Waals surface area contributed by atoms with Crippen LogP contribution < -0.4 is 4.74 Å². The Morgan fingerprint density at radius 3 is 2.96 bits per heavy atom. The van der Waals surface area contributed by atoms with Crippen LogP contribution in [0.1, 0.15) is 16.8 Å². The molecule has 4 rings (SSSR count). The second kappa shape index (κ2) is 6.09. The molecular weight excluding hydrogens is 309 g/mol. The number of aromatic amines is 2. The van der Waals surface area contributed by atoms with Crippen LogP contribution in [0.4, 0.5) is 4.39 Å². The minimum atomic E-state index is -0.324. The molecule has 0 spiro atoms. The minimum Gasteiger partial charge on any atom is -0.497 e. The van der Waals surface area contributed by atoms with E-state index in [1.165, 1.54) is 24.4 Å². The molecule has 7 heteroatoms. The van der Waals surface area contributed by atoms with Gasteiger partial charge in [0.2, 0.25) is 0 Å². The van der Waals surface area contributed by atoms with Crippen molar-refractivity contribution in [2.45, 2.75) is 19.5 Å². The quantitative estimate of drug-likeness (QED) is 0.772. The maximum atomic E-state index is 14.4. The largest absolute Gasteiger partial charge is 0.497 e. The van der Waals surface area contributed by atoms with E-state index in [0.29, 0.717) is 23.6 Å². The Labute approximate surface area is 138 Å². The monoisotopic (exact) mass is 327 g/mol. The number of nitrogens with one attached hydrogen (secondary N) is 2. The number of hydrogen-bond acceptors (Lipinski definition) is 4. The van der Waals surface area contributed by atoms with E-state index >= 15 is 0 Å². The first-order chi connectivity index (χ1) is 11.7. The first-order valence-electron chi connectivity index (χ1n) is 7.84. The van der Waals surface area contributed by atoms with Crippen molar-refractivity contribution in [3.8, 4) is 17.0 Å². The summed E-state index contributed by atoms with van der Waals surface area (Å²) in [5, 5.41) is 14.2. The van der Waals surface area contributed by atoms with Gasteiger partial charge >= 0.3 is 0 Å². The number of H-pyrrole nitrogens is 2. The van der Waals surface area contributed by atoms with Gasteiger partial charge in [-0.2, -0.15) is 10.2 Å². The predicted molar refractivity (Wildman–Crippen MR) is 86.9 cm³/mol. The standard InChI is InChI=1S/C17H18FN5O/c1-24-13-2-3-14(15(18)6-13)17-12(8-20-22-17)10-23-5-4-16-11(9-23)7-19-21-16/h2-3,6-8H,4-5,9-10H2,1H3,(H,19,21)(H,20,22). The maximum Gasteiger partial charge on any atom is 0.136 e. The predicted octanol–water partition coefficient (Wildman–Crippen LogP) is 2.51. The van der Waals surface area contributed by atoms with Crippen molar-refractivity contribution in [3.63, 3.8) is 0 Å². The van der Waals surface area contributed by atoms with Gasteiger partial charge in [0, 0.05) is 54.5 Å². The minimum absolute atomic E-state index is 0.324. The number of rotatable bonds is 4. The van der Waals surface area contributed by atoms with Crippen LogP contribution >= 0.6 is 0 Å². The molecule has 0 fully saturated rings. The van der Waals surface area contributed by atoms with Crippen LogP contribution in [0.5, 0.6) is 5.75 Å². The summed E-state index contributed by atoms with van der Waals surface area (Å²) in [4.78, 5) is 2.31. The van der Waals surface area contributed by atoms with E-state index in [1.54, 1.807) is 18.3 Å². The highest BCUT2D eigenvalue weighted by Gasteiger charge is 2.20. The molecule has 24 heavy (non-hydrogen) atoms. The van der Waals surface area contributed by atoms with E-state index in [-0.39, 0.29) is 5.82 Å². The van der Waals surface area contributed by atoms with Crippen LogP contribution in [-0.2, 0) is 19.5 Å². The molecule has 0 amide bonds. The summed E-state index contributed by atoms with van der Waals surface area (Å²) in [6.45, 7) is 2.48. The number of benzene rings is 1. The smallest absolute Gasteiger partial charge is 0.136 e. The molecule has 0 aliphatic carbocycles. The van der Waals surface area contributed by atoms with Gasteiger partial charge in [-0.1, -0.05) is 0 Å². The molecule has 0 unspecified atom stereocenters. The summed E-state index contributed by atoms with van der Waals surface area (Å²) in [7, 11) is 1.52. The second-order valence-corrected chi connectivity index (χ2v) is 5.95. The molecule has 2 aromatic heterocycles. The number of methoxy groups -OCH3 is 1. The van der Waals surface area contributed by atoms with Crippen molar-refractivity contribution in [1.29, 1.82) is 0 Å². The fourth-order valence-corrected chi connectivity index (χ4v) is 3.15. The van der Waals surface area contributed by atoms with Gasteiger partial charge in [-0.25, -0.2) is 4.39 Å². The third kappa shape index (κ3) is 2.67. The summed E-state index contributed by atoms with van der Waals surface area (Å²) in [5.41, 5.74) is 4.63. The van der Waals surface area contributed by atoms with Crippen LogP contribution in [0.15, 0.2) is 30.6 Å². The lowest BCUT2D eigenvalue weighted by Gasteiger charge is -2.26. The lowest BCUT2D eigenvalue weighted by atomic mass is 10.0. The molecule has 2 N–H and O–H groups in total. The van der Waals surface area contributed by atoms with E-state index in [4.69, 9.17) is 4.74 Å². The number of aromatic nitrogens is 4. The van der Waals surface area contributed by atoms with Crippen LogP contribution in [0, 0.1) is 5.82 Å². The van der Waals surface area contributed by atoms with Crippen LogP contribution in [0.25, 0.3) is 11.3 Å². The average molecular weight is 327 g/mol. The highest BCUT2D eigenvalue weighted by atomic mass is 19.1. The first-order valence-corrected chi connectivity index (χ1v) is 7.84. The molecule has 0 saturated carbocycles. The fourth-order valence-electron chi connectivity index (χ4n) is 3.15. The zero-order valence-electron chi connectivity index (χ0n) is 13.3. The van der Waals surface area contributed by atoms with Crippen molar-refractivity contribution >= 4 is 0 Å². The molecule has 6 nitrogen and oxygen atoms in total. The molecule has 0 saturated heterocycles. The van der Waals surface area contributed by atoms with Gasteiger partial charge in [-0.15, -0.1) is 0 Å². The summed E-state index contributed by atoms with van der Waals surface area (Å²) in [5.74, 6) is 0.177. The Hall–Kier alpha value is -2.67. The fraction of sp³-hybridized carbons (Fsp3) is 0.294. The molecule has 1 aliphatic heterocycles. The topological polar surface area (TPSA) is 69.8 Å². The Balaban J connectivity index is 1.57. The van der Waals surface area contributed by atoms with Crippen molar-refractivity contribution in [3.05, 3.63) is 53.2 Å². The summed E-state index contributed by atoms with van der Waals surface area (Å²) >= 11 is 0. The normalized spacial score (nSPS) is 14.6. The summed E-state index contributed by atoms with van der Waals surface area (Å²) in [6.07, 6.45) is 4.59. The van der Waals surface area contributed by atoms with E-state index < -0.39 is 0 Å². The molecule has 3 aromatic rings. The third-order valence-corrected chi connectivity index (χ3v) is 4.44. The Bertz CT molecular complexity index is 856. The lowest BCUT2D eigenvalue weighted by molar-refractivity contribution is 0.245. The molecule has 124 valence electrons. The van der Waals surface area contributed by atoms with Crippen molar-refractivity contribution in [1.82, 2.24) is 25.3 Å². The van der Waals surface area contributed by atoms with Crippen LogP contribution in [0.3, 0.4) is 0 Å². The van der Waals surface area contributed by atoms with E-state index in [2.05, 4.69) is 25.3 Å². The van der Waals surface area contributed by atoms with Crippen LogP contribution in [-0.4, -0.2) is 38.9 Å². The second-order valence-electron chi connectivity index (χ2n) is 5.95. The van der Waals surface area contributed by atoms with E-state index in [0.717, 1.165) is 25.1 Å². The van der Waals surface area contributed by atoms with Gasteiger partial charge in [-0.3, -0.25) is 15.1 Å². The Morgan fingerprint density at radius 2 is 2.12 bits per heavy atom. The molecule has 1 aliphatic rings. The molecular formula is C17H18FN5O. The number of ether oxygens (including phenoxy) is 1. The number of nitrogens with zero attached hydrogens (tertiary/aromatic N) is 3. The van der Waals surface area contributed by atoms with Gasteiger partial charge in [-0.05, 0) is 12.1 Å². The molecule has 3 heterocycles. The summed E-state index contributed by atoms with van der Waals surface area (Å²) in [6, 6.07) is 4.86. The average Bonchev–Trinajstić information content (AvgIpc) is 3.23. The van der Waals surface area contributed by atoms with Crippen molar-refractivity contribution in [2.75, 3.05) is 13.7 Å². The third-order valence-electron chi connectivity index (χ3n) is 4.44. The van der Waals surface area contributed by atoms with E-state index in [9.17, 15) is 4.39 Å². The van der Waals surface area contributed by atoms with Crippen LogP contribution in [0.2, 0.25) is 0 Å². The molecule has 1 aromatic carbocycles. The van der Waals surface area contributed by atoms with Gasteiger partial charge in [0.05, 0.1) is 25.2 Å². The first kappa shape index (κ1) is 14.9. The van der Waals surface area contributed by atoms with Gasteiger partial charge in [0.25, 0.3) is 0 Å². The van der Waals surface area contributed by atoms with Crippen molar-refractivity contribution in [2.24, 2.45) is 0 Å². The maximum absolute atomic E-state index is 14.4. The lowest BCUT2D eigenvalue weighted by Crippen LogP contribution is -2.29. The molecule has 0 radical (unpaired) electrons. The zero-order valence-corrected chi connectivity index (χ0v) is 13.3. The van der Waals surface area contributed by atoms with Crippen molar-refractivity contribution < 1.29 is 9.13 Å². The zero-order chi connectivity index (χ0) is 16.5. The summed E-state index contributed by atoms with van der Waals surface area (Å²) < 4.78 is 19.4. The highest BCUT2D eigenvalue weighted by Crippen LogP contribution is 2.28. The highest BCUT2D eigenvalue weighted by molar-refractivity contribution is 5.64. The number of hydrogen-bond donors (Lipinski definition) is 2. The van der Waals surface area contributed by atoms with Gasteiger partial charge in [0.15, 0.2) is 0 Å². The van der Waals surface area contributed by atoms with Gasteiger partial charge in [0.1, 0.15) is 11.6 Å². The molecule has 0 bridgehead atoms. The van der Waals surface area contributed by atoms with Gasteiger partial charge < -0.3 is 4.74 Å². The van der Waals surface area contributed by atoms with E-state index in [1.807, 2.05) is 6.20 Å². The number of halogens is 1. The molecule has 0 atom stereocenters. The Kier molecular flexibility index (Phi) is 3.78. The number of fused-ring (bicyclic) bond motifs is 1. The SMILES string of the molecule is COc1ccc(-c2[nH]ncc2CN2CCc3[nH]ncc3C2)c(F)c1. The Morgan fingerprint density at radius 1 is 1.25 bits per heavy atom.